The summed E-state index contributed by atoms with van der Waals surface area (Å²) in [6.07, 6.45) is 3.36. The van der Waals surface area contributed by atoms with Crippen LogP contribution in [0.4, 0.5) is 0 Å². The van der Waals surface area contributed by atoms with Gasteiger partial charge in [-0.15, -0.1) is 0 Å². The molecular weight excluding hydrogens is 290 g/mol. The van der Waals surface area contributed by atoms with E-state index in [2.05, 4.69) is 5.32 Å². The van der Waals surface area contributed by atoms with Crippen LogP contribution in [0.25, 0.3) is 10.8 Å². The van der Waals surface area contributed by atoms with Crippen molar-refractivity contribution >= 4 is 22.6 Å². The number of carbonyl (C=O) groups excluding carboxylic acids is 1. The monoisotopic (exact) mass is 311 g/mol. The van der Waals surface area contributed by atoms with Crippen LogP contribution in [0, 0.1) is 11.8 Å². The first-order valence-electron chi connectivity index (χ1n) is 8.12. The van der Waals surface area contributed by atoms with Gasteiger partial charge in [-0.3, -0.25) is 9.59 Å². The third-order valence-corrected chi connectivity index (χ3v) is 4.69. The van der Waals surface area contributed by atoms with Crippen molar-refractivity contribution in [2.24, 2.45) is 11.8 Å². The van der Waals surface area contributed by atoms with Gasteiger partial charge in [0.05, 0.1) is 5.92 Å². The minimum Gasteiger partial charge on any atom is -0.481 e. The molecule has 1 saturated carbocycles. The minimum absolute atomic E-state index is 0.000389. The topological polar surface area (TPSA) is 66.4 Å². The molecule has 2 aromatic rings. The lowest BCUT2D eigenvalue weighted by Gasteiger charge is -2.25. The van der Waals surface area contributed by atoms with Gasteiger partial charge in [0.1, 0.15) is 0 Å². The molecule has 1 atom stereocenters. The van der Waals surface area contributed by atoms with Crippen LogP contribution < -0.4 is 5.32 Å². The lowest BCUT2D eigenvalue weighted by atomic mass is 9.84. The van der Waals surface area contributed by atoms with Crippen molar-refractivity contribution < 1.29 is 14.7 Å². The summed E-state index contributed by atoms with van der Waals surface area (Å²) in [7, 11) is 0. The van der Waals surface area contributed by atoms with E-state index in [9.17, 15) is 14.7 Å². The highest BCUT2D eigenvalue weighted by Crippen LogP contribution is 2.26. The van der Waals surface area contributed by atoms with E-state index in [-0.39, 0.29) is 18.4 Å². The van der Waals surface area contributed by atoms with E-state index >= 15 is 0 Å². The quantitative estimate of drug-likeness (QED) is 0.862. The van der Waals surface area contributed by atoms with Gasteiger partial charge < -0.3 is 10.4 Å². The Kier molecular flexibility index (Phi) is 4.60. The second kappa shape index (κ2) is 6.82. The minimum atomic E-state index is -0.869. The van der Waals surface area contributed by atoms with Crippen molar-refractivity contribution in [1.29, 1.82) is 0 Å². The first kappa shape index (κ1) is 15.5. The zero-order valence-corrected chi connectivity index (χ0v) is 13.0. The number of carboxylic acid groups (broad SMARTS) is 1. The number of carboxylic acids is 1. The molecular formula is C19H21NO3. The molecule has 23 heavy (non-hydrogen) atoms. The van der Waals surface area contributed by atoms with Crippen molar-refractivity contribution in [2.75, 3.05) is 6.54 Å². The predicted molar refractivity (Wildman–Crippen MR) is 89.1 cm³/mol. The van der Waals surface area contributed by atoms with Crippen molar-refractivity contribution in [2.45, 2.75) is 25.7 Å². The zero-order chi connectivity index (χ0) is 16.2. The Hall–Kier alpha value is -2.36. The summed E-state index contributed by atoms with van der Waals surface area (Å²) < 4.78 is 0. The third-order valence-electron chi connectivity index (χ3n) is 4.69. The number of nitrogens with one attached hydrogen (secondary N) is 1. The van der Waals surface area contributed by atoms with Crippen LogP contribution >= 0.6 is 0 Å². The molecule has 120 valence electrons. The molecule has 0 bridgehead atoms. The molecule has 1 fully saturated rings. The van der Waals surface area contributed by atoms with Crippen LogP contribution in [0.1, 0.15) is 24.8 Å². The number of amides is 1. The highest BCUT2D eigenvalue weighted by molar-refractivity contribution is 5.86. The standard InChI is InChI=1S/C19H21NO3/c21-18(14-7-4-8-14)20-12-16(19(22)23)11-15-9-3-6-13-5-1-2-10-17(13)15/h1-3,5-6,9-10,14,16H,4,7-8,11-12H2,(H,20,21)(H,22,23). The first-order chi connectivity index (χ1) is 11.1. The highest BCUT2D eigenvalue weighted by atomic mass is 16.4. The fourth-order valence-electron chi connectivity index (χ4n) is 3.02. The summed E-state index contributed by atoms with van der Waals surface area (Å²) in [5.41, 5.74) is 1.01. The number of hydrogen-bond acceptors (Lipinski definition) is 2. The normalized spacial score (nSPS) is 15.8. The fraction of sp³-hybridized carbons (Fsp3) is 0.368. The van der Waals surface area contributed by atoms with Gasteiger partial charge in [0, 0.05) is 12.5 Å². The number of rotatable bonds is 6. The zero-order valence-electron chi connectivity index (χ0n) is 13.0. The Morgan fingerprint density at radius 3 is 2.57 bits per heavy atom. The maximum atomic E-state index is 11.9. The second-order valence-electron chi connectivity index (χ2n) is 6.25. The van der Waals surface area contributed by atoms with E-state index in [1.165, 1.54) is 0 Å². The summed E-state index contributed by atoms with van der Waals surface area (Å²) in [6, 6.07) is 13.9. The van der Waals surface area contributed by atoms with Gasteiger partial charge in [-0.1, -0.05) is 48.9 Å². The lowest BCUT2D eigenvalue weighted by molar-refractivity contribution is -0.141. The molecule has 0 aliphatic heterocycles. The van der Waals surface area contributed by atoms with Crippen molar-refractivity contribution in [3.63, 3.8) is 0 Å². The molecule has 4 heteroatoms. The lowest BCUT2D eigenvalue weighted by Crippen LogP contribution is -2.39. The number of hydrogen-bond donors (Lipinski definition) is 2. The number of aliphatic carboxylic acids is 1. The van der Waals surface area contributed by atoms with Crippen LogP contribution in [0.5, 0.6) is 0 Å². The average Bonchev–Trinajstić information content (AvgIpc) is 2.49. The molecule has 0 spiro atoms. The maximum Gasteiger partial charge on any atom is 0.308 e. The average molecular weight is 311 g/mol. The van der Waals surface area contributed by atoms with Crippen LogP contribution in [0.3, 0.4) is 0 Å². The molecule has 1 aliphatic carbocycles. The van der Waals surface area contributed by atoms with Gasteiger partial charge >= 0.3 is 5.97 Å². The highest BCUT2D eigenvalue weighted by Gasteiger charge is 2.27. The SMILES string of the molecule is O=C(O)C(CNC(=O)C1CCC1)Cc1cccc2ccccc12. The second-order valence-corrected chi connectivity index (χ2v) is 6.25. The van der Waals surface area contributed by atoms with Gasteiger partial charge in [0.25, 0.3) is 0 Å². The molecule has 0 radical (unpaired) electrons. The largest absolute Gasteiger partial charge is 0.481 e. The Balaban J connectivity index is 1.71. The Labute approximate surface area is 135 Å². The Bertz CT molecular complexity index is 716. The molecule has 0 saturated heterocycles. The number of carbonyl (C=O) groups is 2. The van der Waals surface area contributed by atoms with Gasteiger partial charge in [-0.05, 0) is 35.6 Å². The van der Waals surface area contributed by atoms with Crippen LogP contribution in [0.15, 0.2) is 42.5 Å². The summed E-state index contributed by atoms with van der Waals surface area (Å²) in [6.45, 7) is 0.188. The molecule has 0 heterocycles. The predicted octanol–water partition coefficient (Wildman–Crippen LogP) is 3.00. The molecule has 4 nitrogen and oxygen atoms in total. The molecule has 1 unspecified atom stereocenters. The van der Waals surface area contributed by atoms with E-state index in [1.54, 1.807) is 0 Å². The maximum absolute atomic E-state index is 11.9. The van der Waals surface area contributed by atoms with Crippen molar-refractivity contribution in [3.8, 4) is 0 Å². The number of fused-ring (bicyclic) bond motifs is 1. The Morgan fingerprint density at radius 1 is 1.13 bits per heavy atom. The Morgan fingerprint density at radius 2 is 1.87 bits per heavy atom. The smallest absolute Gasteiger partial charge is 0.308 e. The molecule has 2 aromatic carbocycles. The van der Waals surface area contributed by atoms with Gasteiger partial charge in [0.15, 0.2) is 0 Å². The summed E-state index contributed by atoms with van der Waals surface area (Å²) >= 11 is 0. The van der Waals surface area contributed by atoms with Crippen LogP contribution in [0.2, 0.25) is 0 Å². The van der Waals surface area contributed by atoms with Gasteiger partial charge in [0.2, 0.25) is 5.91 Å². The summed E-state index contributed by atoms with van der Waals surface area (Å²) in [5, 5.41) is 14.5. The third kappa shape index (κ3) is 3.52. The van der Waals surface area contributed by atoms with Crippen molar-refractivity contribution in [3.05, 3.63) is 48.0 Å². The number of benzene rings is 2. The van der Waals surface area contributed by atoms with E-state index in [4.69, 9.17) is 0 Å². The first-order valence-corrected chi connectivity index (χ1v) is 8.12. The molecule has 0 aromatic heterocycles. The van der Waals surface area contributed by atoms with Crippen LogP contribution in [-0.4, -0.2) is 23.5 Å². The molecule has 1 aliphatic rings. The van der Waals surface area contributed by atoms with E-state index < -0.39 is 11.9 Å². The van der Waals surface area contributed by atoms with E-state index in [0.717, 1.165) is 35.6 Å². The van der Waals surface area contributed by atoms with E-state index in [0.29, 0.717) is 6.42 Å². The summed E-state index contributed by atoms with van der Waals surface area (Å²) in [4.78, 5) is 23.5. The summed E-state index contributed by atoms with van der Waals surface area (Å²) in [5.74, 6) is -1.39. The fourth-order valence-corrected chi connectivity index (χ4v) is 3.02. The molecule has 2 N–H and O–H groups in total. The van der Waals surface area contributed by atoms with Gasteiger partial charge in [-0.25, -0.2) is 0 Å². The van der Waals surface area contributed by atoms with Crippen molar-refractivity contribution in [1.82, 2.24) is 5.32 Å². The molecule has 1 amide bonds. The van der Waals surface area contributed by atoms with E-state index in [1.807, 2.05) is 42.5 Å². The van der Waals surface area contributed by atoms with Gasteiger partial charge in [-0.2, -0.15) is 0 Å². The molecule has 3 rings (SSSR count). The van der Waals surface area contributed by atoms with Crippen LogP contribution in [-0.2, 0) is 16.0 Å².